The van der Waals surface area contributed by atoms with Crippen molar-refractivity contribution >= 4 is 5.97 Å². The van der Waals surface area contributed by atoms with E-state index in [1.165, 1.54) is 0 Å². The lowest BCUT2D eigenvalue weighted by molar-refractivity contribution is -0.447. The van der Waals surface area contributed by atoms with Gasteiger partial charge in [-0.15, -0.1) is 0 Å². The predicted molar refractivity (Wildman–Crippen MR) is 72.4 cm³/mol. The second kappa shape index (κ2) is 9.21. The molecule has 0 aromatic rings. The summed E-state index contributed by atoms with van der Waals surface area (Å²) in [7, 11) is 0. The smallest absolute Gasteiger partial charge is 0.384 e. The number of carbonyl (C=O) groups excluding carboxylic acids is 1. The molecule has 20 heteroatoms. The summed E-state index contributed by atoms with van der Waals surface area (Å²) in [5.41, 5.74) is 0. The van der Waals surface area contributed by atoms with Crippen molar-refractivity contribution in [2.75, 3.05) is 0 Å². The monoisotopic (exact) mass is 548 g/mol. The molecular weight excluding hydrogens is 539 g/mol. The number of hydrogen-bond donors (Lipinski definition) is 1. The van der Waals surface area contributed by atoms with E-state index in [2.05, 4.69) is 11.3 Å². The first-order valence-corrected chi connectivity index (χ1v) is 7.78. The van der Waals surface area contributed by atoms with Gasteiger partial charge in [0.1, 0.15) is 6.10 Å². The van der Waals surface area contributed by atoms with Crippen molar-refractivity contribution in [1.82, 2.24) is 0 Å². The van der Waals surface area contributed by atoms with E-state index in [-0.39, 0.29) is 6.08 Å². The zero-order valence-corrected chi connectivity index (χ0v) is 15.4. The molecule has 0 fully saturated rings. The van der Waals surface area contributed by atoms with E-state index in [9.17, 15) is 79.4 Å². The van der Waals surface area contributed by atoms with Crippen LogP contribution in [0.25, 0.3) is 0 Å². The Kier molecular flexibility index (Phi) is 8.66. The average Bonchev–Trinajstić information content (AvgIpc) is 2.66. The van der Waals surface area contributed by atoms with Gasteiger partial charge in [0.2, 0.25) is 0 Å². The molecule has 0 amide bonds. The molecular formula is C14H9F17O3. The highest BCUT2D eigenvalue weighted by Gasteiger charge is 2.93. The largest absolute Gasteiger partial charge is 0.425 e. The van der Waals surface area contributed by atoms with Crippen molar-refractivity contribution in [2.24, 2.45) is 0 Å². The quantitative estimate of drug-likeness (QED) is 0.200. The Bertz CT molecular complexity index is 748. The minimum absolute atomic E-state index is 0.0815. The third-order valence-electron chi connectivity index (χ3n) is 3.89. The van der Waals surface area contributed by atoms with Crippen molar-refractivity contribution in [2.45, 2.75) is 66.8 Å². The van der Waals surface area contributed by atoms with Gasteiger partial charge in [0.15, 0.2) is 0 Å². The van der Waals surface area contributed by atoms with Gasteiger partial charge in [-0.1, -0.05) is 6.58 Å². The summed E-state index contributed by atoms with van der Waals surface area (Å²) in [6.07, 6.45) is -16.9. The summed E-state index contributed by atoms with van der Waals surface area (Å²) in [6, 6.07) is 0. The van der Waals surface area contributed by atoms with Gasteiger partial charge in [-0.05, 0) is 0 Å². The van der Waals surface area contributed by atoms with E-state index in [0.29, 0.717) is 0 Å². The molecule has 0 saturated carbocycles. The van der Waals surface area contributed by atoms with Gasteiger partial charge >= 0.3 is 53.9 Å². The number of carbonyl (C=O) groups is 1. The maximum absolute atomic E-state index is 13.6. The number of esters is 1. The molecule has 0 aromatic carbocycles. The molecule has 0 radical (unpaired) electrons. The van der Waals surface area contributed by atoms with Gasteiger partial charge in [-0.3, -0.25) is 0 Å². The second-order valence-corrected chi connectivity index (χ2v) is 6.26. The Morgan fingerprint density at radius 3 is 1.44 bits per heavy atom. The van der Waals surface area contributed by atoms with Gasteiger partial charge in [0, 0.05) is 6.08 Å². The highest BCUT2D eigenvalue weighted by Crippen LogP contribution is 2.63. The van der Waals surface area contributed by atoms with Crippen LogP contribution >= 0.6 is 0 Å². The van der Waals surface area contributed by atoms with Crippen LogP contribution in [0.5, 0.6) is 0 Å². The molecule has 0 spiro atoms. The molecule has 0 bridgehead atoms. The minimum atomic E-state index is -8.61. The Labute approximate surface area is 176 Å². The number of hydrogen-bond acceptors (Lipinski definition) is 3. The summed E-state index contributed by atoms with van der Waals surface area (Å²) in [5.74, 6) is -58.2. The van der Waals surface area contributed by atoms with E-state index >= 15 is 0 Å². The first kappa shape index (κ1) is 32.0. The number of aliphatic hydroxyl groups excluding tert-OH is 1. The molecule has 0 aromatic heterocycles. The lowest BCUT2D eigenvalue weighted by Crippen LogP contribution is -2.73. The molecule has 0 aliphatic carbocycles. The summed E-state index contributed by atoms with van der Waals surface area (Å²) in [4.78, 5) is 10.6. The Balaban J connectivity index is 6.39. The van der Waals surface area contributed by atoms with E-state index in [1.807, 2.05) is 0 Å². The van der Waals surface area contributed by atoms with Crippen molar-refractivity contribution in [3.8, 4) is 0 Å². The average molecular weight is 548 g/mol. The number of alkyl halides is 17. The summed E-state index contributed by atoms with van der Waals surface area (Å²) >= 11 is 0. The van der Waals surface area contributed by atoms with E-state index in [0.717, 1.165) is 0 Å². The molecule has 0 aliphatic rings. The van der Waals surface area contributed by atoms with Gasteiger partial charge < -0.3 is 9.84 Å². The normalized spacial score (nSPS) is 16.9. The first-order chi connectivity index (χ1) is 14.7. The van der Waals surface area contributed by atoms with Gasteiger partial charge in [-0.2, -0.15) is 65.9 Å². The molecule has 3 nitrogen and oxygen atoms in total. The topological polar surface area (TPSA) is 46.5 Å². The SMILES string of the molecule is C=CC(=O)OC(F)C(O)CC(F)(F)C(F)(F)C(F)(F)C(F)(F)C(F)(F)C(F)(F)C(F)(F)C(F)F. The first-order valence-electron chi connectivity index (χ1n) is 7.78. The molecule has 1 N–H and O–H groups in total. The van der Waals surface area contributed by atoms with Crippen LogP contribution in [0.3, 0.4) is 0 Å². The fraction of sp³-hybridized carbons (Fsp3) is 0.786. The van der Waals surface area contributed by atoms with Crippen LogP contribution in [0.2, 0.25) is 0 Å². The zero-order chi connectivity index (χ0) is 27.9. The Morgan fingerprint density at radius 1 is 0.735 bits per heavy atom. The summed E-state index contributed by atoms with van der Waals surface area (Å²) in [5, 5.41) is 8.90. The van der Waals surface area contributed by atoms with Gasteiger partial charge in [0.05, 0.1) is 6.42 Å². The van der Waals surface area contributed by atoms with Crippen molar-refractivity contribution < 1.29 is 89.3 Å². The number of ether oxygens (including phenoxy) is 1. The Morgan fingerprint density at radius 2 is 1.09 bits per heavy atom. The minimum Gasteiger partial charge on any atom is -0.425 e. The maximum Gasteiger partial charge on any atom is 0.384 e. The van der Waals surface area contributed by atoms with E-state index < -0.39 is 72.7 Å². The second-order valence-electron chi connectivity index (χ2n) is 6.26. The Hall–Kier alpha value is -2.02. The van der Waals surface area contributed by atoms with Crippen molar-refractivity contribution in [3.63, 3.8) is 0 Å². The van der Waals surface area contributed by atoms with Crippen LogP contribution in [-0.4, -0.2) is 71.4 Å². The fourth-order valence-corrected chi connectivity index (χ4v) is 1.89. The van der Waals surface area contributed by atoms with Gasteiger partial charge in [0.25, 0.3) is 6.36 Å². The third-order valence-corrected chi connectivity index (χ3v) is 3.89. The molecule has 2 unspecified atom stereocenters. The predicted octanol–water partition coefficient (Wildman–Crippen LogP) is 5.47. The van der Waals surface area contributed by atoms with E-state index in [1.54, 1.807) is 0 Å². The fourth-order valence-electron chi connectivity index (χ4n) is 1.89. The van der Waals surface area contributed by atoms with Crippen LogP contribution in [0.1, 0.15) is 6.42 Å². The molecule has 34 heavy (non-hydrogen) atoms. The molecule has 2 atom stereocenters. The summed E-state index contributed by atoms with van der Waals surface area (Å²) < 4.78 is 226. The van der Waals surface area contributed by atoms with Crippen molar-refractivity contribution in [1.29, 1.82) is 0 Å². The van der Waals surface area contributed by atoms with Crippen molar-refractivity contribution in [3.05, 3.63) is 12.7 Å². The van der Waals surface area contributed by atoms with Crippen LogP contribution in [0.15, 0.2) is 12.7 Å². The molecule has 202 valence electrons. The zero-order valence-electron chi connectivity index (χ0n) is 15.4. The standard InChI is InChI=1S/C14H9F17O3/c1-2-5(33)34-6(15)4(32)3-8(18,19)10(22,23)12(26,27)14(30,31)13(28,29)11(24,25)9(20,21)7(16)17/h2,4,6-7,32H,1,3H2. The number of halogens is 17. The molecule has 0 aliphatic heterocycles. The van der Waals surface area contributed by atoms with E-state index in [4.69, 9.17) is 5.11 Å². The number of rotatable bonds is 12. The lowest BCUT2D eigenvalue weighted by Gasteiger charge is -2.42. The van der Waals surface area contributed by atoms with Crippen LogP contribution in [-0.2, 0) is 9.53 Å². The van der Waals surface area contributed by atoms with Crippen LogP contribution < -0.4 is 0 Å². The number of aliphatic hydroxyl groups is 1. The summed E-state index contributed by atoms with van der Waals surface area (Å²) in [6.45, 7) is 2.61. The molecule has 0 heterocycles. The molecule has 0 rings (SSSR count). The van der Waals surface area contributed by atoms with Crippen LogP contribution in [0, 0.1) is 0 Å². The molecule has 0 saturated heterocycles. The highest BCUT2D eigenvalue weighted by atomic mass is 19.4. The highest BCUT2D eigenvalue weighted by molar-refractivity contribution is 5.81. The lowest BCUT2D eigenvalue weighted by atomic mass is 9.88. The van der Waals surface area contributed by atoms with Gasteiger partial charge in [-0.25, -0.2) is 13.6 Å². The third kappa shape index (κ3) is 4.73. The maximum atomic E-state index is 13.6. The van der Waals surface area contributed by atoms with Crippen LogP contribution in [0.4, 0.5) is 74.6 Å².